The molecule has 0 heterocycles. The number of benzene rings is 2. The number of halogens is 2. The Balaban J connectivity index is 2.24. The lowest BCUT2D eigenvalue weighted by atomic mass is 9.86. The van der Waals surface area contributed by atoms with E-state index < -0.39 is 23.4 Å². The largest absolute Gasteiger partial charge is 0.324 e. The van der Waals surface area contributed by atoms with Gasteiger partial charge in [-0.05, 0) is 29.2 Å². The van der Waals surface area contributed by atoms with E-state index in [1.54, 1.807) is 12.1 Å². The summed E-state index contributed by atoms with van der Waals surface area (Å²) in [6.45, 7) is 6.91. The van der Waals surface area contributed by atoms with Crippen LogP contribution in [-0.4, -0.2) is 18.4 Å². The lowest BCUT2D eigenvalue weighted by Crippen LogP contribution is -2.37. The minimum Gasteiger partial charge on any atom is -0.324 e. The lowest BCUT2D eigenvalue weighted by molar-refractivity contribution is -0.120. The molecular weight excluding hydrogens is 338 g/mol. The van der Waals surface area contributed by atoms with Gasteiger partial charge in [-0.1, -0.05) is 39.0 Å². The van der Waals surface area contributed by atoms with Crippen molar-refractivity contribution < 1.29 is 18.4 Å². The first-order valence-corrected chi connectivity index (χ1v) is 8.22. The number of hydrogen-bond acceptors (Lipinski definition) is 2. The Labute approximate surface area is 151 Å². The summed E-state index contributed by atoms with van der Waals surface area (Å²) in [5, 5.41) is 2.77. The molecule has 26 heavy (non-hydrogen) atoms. The predicted octanol–water partition coefficient (Wildman–Crippen LogP) is 4.25. The van der Waals surface area contributed by atoms with Crippen LogP contribution in [0.15, 0.2) is 42.5 Å². The zero-order valence-electron chi connectivity index (χ0n) is 15.3. The number of para-hydroxylation sites is 1. The van der Waals surface area contributed by atoms with Gasteiger partial charge in [-0.25, -0.2) is 8.78 Å². The van der Waals surface area contributed by atoms with Gasteiger partial charge in [0.1, 0.15) is 18.2 Å². The average molecular weight is 360 g/mol. The van der Waals surface area contributed by atoms with E-state index in [4.69, 9.17) is 0 Å². The van der Waals surface area contributed by atoms with Crippen LogP contribution in [0, 0.1) is 11.6 Å². The number of carbonyl (C=O) groups excluding carboxylic acids is 2. The summed E-state index contributed by atoms with van der Waals surface area (Å²) in [5.41, 5.74) is 1.25. The number of anilines is 2. The maximum atomic E-state index is 14.0. The summed E-state index contributed by atoms with van der Waals surface area (Å²) in [6, 6.07) is 10.2. The second-order valence-electron chi connectivity index (χ2n) is 7.04. The SMILES string of the molecule is CC(=O)N(CC(=O)Nc1ccccc1C(C)(C)C)c1ccc(F)cc1F. The van der Waals surface area contributed by atoms with Crippen LogP contribution in [0.1, 0.15) is 33.3 Å². The summed E-state index contributed by atoms with van der Waals surface area (Å²) in [5.74, 6) is -2.64. The van der Waals surface area contributed by atoms with Crippen LogP contribution in [0.5, 0.6) is 0 Å². The number of nitrogens with one attached hydrogen (secondary N) is 1. The zero-order valence-corrected chi connectivity index (χ0v) is 15.3. The molecule has 0 aliphatic rings. The standard InChI is InChI=1S/C20H22F2N2O2/c1-13(25)24(18-10-9-14(21)11-16(18)22)12-19(26)23-17-8-6-5-7-15(17)20(2,3)4/h5-11H,12H2,1-4H3,(H,23,26). The van der Waals surface area contributed by atoms with Crippen LogP contribution in [0.25, 0.3) is 0 Å². The molecule has 0 aliphatic carbocycles. The van der Waals surface area contributed by atoms with E-state index in [0.29, 0.717) is 11.8 Å². The summed E-state index contributed by atoms with van der Waals surface area (Å²) in [4.78, 5) is 25.3. The molecule has 0 atom stereocenters. The third-order valence-corrected chi connectivity index (χ3v) is 3.89. The molecule has 1 N–H and O–H groups in total. The van der Waals surface area contributed by atoms with E-state index in [2.05, 4.69) is 5.32 Å². The van der Waals surface area contributed by atoms with Gasteiger partial charge in [0.15, 0.2) is 0 Å². The van der Waals surface area contributed by atoms with Crippen molar-refractivity contribution in [2.75, 3.05) is 16.8 Å². The number of amides is 2. The molecule has 0 bridgehead atoms. The maximum Gasteiger partial charge on any atom is 0.244 e. The highest BCUT2D eigenvalue weighted by molar-refractivity contribution is 6.02. The first kappa shape index (κ1) is 19.6. The highest BCUT2D eigenvalue weighted by Crippen LogP contribution is 2.29. The summed E-state index contributed by atoms with van der Waals surface area (Å²) < 4.78 is 27.1. The molecule has 0 saturated carbocycles. The highest BCUT2D eigenvalue weighted by atomic mass is 19.1. The van der Waals surface area contributed by atoms with Gasteiger partial charge in [-0.15, -0.1) is 0 Å². The third kappa shape index (κ3) is 4.65. The molecule has 2 aromatic rings. The minimum absolute atomic E-state index is 0.141. The molecule has 4 nitrogen and oxygen atoms in total. The monoisotopic (exact) mass is 360 g/mol. The zero-order chi connectivity index (χ0) is 19.5. The van der Waals surface area contributed by atoms with Gasteiger partial charge in [-0.3, -0.25) is 9.59 Å². The van der Waals surface area contributed by atoms with E-state index in [9.17, 15) is 18.4 Å². The first-order chi connectivity index (χ1) is 12.1. The topological polar surface area (TPSA) is 49.4 Å². The van der Waals surface area contributed by atoms with Crippen LogP contribution in [0.3, 0.4) is 0 Å². The molecule has 0 fully saturated rings. The average Bonchev–Trinajstić information content (AvgIpc) is 2.52. The molecule has 2 amide bonds. The van der Waals surface area contributed by atoms with Gasteiger partial charge in [0.05, 0.1) is 5.69 Å². The Morgan fingerprint density at radius 2 is 1.73 bits per heavy atom. The van der Waals surface area contributed by atoms with Gasteiger partial charge in [0.2, 0.25) is 11.8 Å². The summed E-state index contributed by atoms with van der Waals surface area (Å²) in [7, 11) is 0. The fraction of sp³-hybridized carbons (Fsp3) is 0.300. The predicted molar refractivity (Wildman–Crippen MR) is 98.2 cm³/mol. The van der Waals surface area contributed by atoms with Crippen LogP contribution >= 0.6 is 0 Å². The fourth-order valence-corrected chi connectivity index (χ4v) is 2.65. The molecule has 0 saturated heterocycles. The van der Waals surface area contributed by atoms with Crippen LogP contribution in [0.4, 0.5) is 20.2 Å². The van der Waals surface area contributed by atoms with Crippen LogP contribution < -0.4 is 10.2 Å². The van der Waals surface area contributed by atoms with Crippen LogP contribution in [0.2, 0.25) is 0 Å². The first-order valence-electron chi connectivity index (χ1n) is 8.22. The molecular formula is C20H22F2N2O2. The molecule has 6 heteroatoms. The summed E-state index contributed by atoms with van der Waals surface area (Å²) >= 11 is 0. The Hall–Kier alpha value is -2.76. The van der Waals surface area contributed by atoms with Crippen molar-refractivity contribution in [2.24, 2.45) is 0 Å². The fourth-order valence-electron chi connectivity index (χ4n) is 2.65. The maximum absolute atomic E-state index is 14.0. The molecule has 0 radical (unpaired) electrons. The molecule has 2 rings (SSSR count). The van der Waals surface area contributed by atoms with Crippen molar-refractivity contribution in [1.29, 1.82) is 0 Å². The van der Waals surface area contributed by atoms with Gasteiger partial charge >= 0.3 is 0 Å². The van der Waals surface area contributed by atoms with E-state index in [1.165, 1.54) is 6.92 Å². The Morgan fingerprint density at radius 1 is 1.08 bits per heavy atom. The number of nitrogens with zero attached hydrogens (tertiary/aromatic N) is 1. The second kappa shape index (κ2) is 7.64. The highest BCUT2D eigenvalue weighted by Gasteiger charge is 2.22. The molecule has 2 aromatic carbocycles. The normalized spacial score (nSPS) is 11.2. The van der Waals surface area contributed by atoms with Crippen molar-refractivity contribution in [1.82, 2.24) is 0 Å². The van der Waals surface area contributed by atoms with Gasteiger partial charge < -0.3 is 10.2 Å². The Kier molecular flexibility index (Phi) is 5.75. The minimum atomic E-state index is -0.900. The van der Waals surface area contributed by atoms with Gasteiger partial charge in [0.25, 0.3) is 0 Å². The van der Waals surface area contributed by atoms with E-state index >= 15 is 0 Å². The molecule has 0 unspecified atom stereocenters. The van der Waals surface area contributed by atoms with E-state index in [1.807, 2.05) is 32.9 Å². The Bertz CT molecular complexity index is 829. The van der Waals surface area contributed by atoms with E-state index in [-0.39, 0.29) is 17.6 Å². The second-order valence-corrected chi connectivity index (χ2v) is 7.04. The number of hydrogen-bond donors (Lipinski definition) is 1. The van der Waals surface area contributed by atoms with Crippen molar-refractivity contribution >= 4 is 23.2 Å². The summed E-state index contributed by atoms with van der Waals surface area (Å²) in [6.07, 6.45) is 0. The number of carbonyl (C=O) groups is 2. The quantitative estimate of drug-likeness (QED) is 0.886. The third-order valence-electron chi connectivity index (χ3n) is 3.89. The molecule has 0 aromatic heterocycles. The number of rotatable bonds is 4. The molecule has 0 spiro atoms. The van der Waals surface area contributed by atoms with Crippen molar-refractivity contribution in [3.05, 3.63) is 59.7 Å². The van der Waals surface area contributed by atoms with Crippen molar-refractivity contribution in [3.63, 3.8) is 0 Å². The smallest absolute Gasteiger partial charge is 0.244 e. The van der Waals surface area contributed by atoms with E-state index in [0.717, 1.165) is 22.6 Å². The van der Waals surface area contributed by atoms with Gasteiger partial charge in [0, 0.05) is 18.7 Å². The Morgan fingerprint density at radius 3 is 2.31 bits per heavy atom. The lowest BCUT2D eigenvalue weighted by Gasteiger charge is -2.24. The van der Waals surface area contributed by atoms with Crippen molar-refractivity contribution in [2.45, 2.75) is 33.1 Å². The van der Waals surface area contributed by atoms with Crippen molar-refractivity contribution in [3.8, 4) is 0 Å². The van der Waals surface area contributed by atoms with Gasteiger partial charge in [-0.2, -0.15) is 0 Å². The molecule has 0 aliphatic heterocycles. The molecule has 138 valence electrons. The van der Waals surface area contributed by atoms with Crippen LogP contribution in [-0.2, 0) is 15.0 Å².